The first-order valence-electron chi connectivity index (χ1n) is 8.37. The number of ether oxygens (including phenoxy) is 1. The van der Waals surface area contributed by atoms with Gasteiger partial charge in [0.25, 0.3) is 0 Å². The van der Waals surface area contributed by atoms with Crippen LogP contribution >= 0.6 is 27.5 Å². The molecule has 0 aromatic carbocycles. The topological polar surface area (TPSA) is 62.7 Å². The number of unbranched alkanes of at least 4 members (excludes halogenated alkanes) is 1. The third-order valence-electron chi connectivity index (χ3n) is 4.20. The first-order valence-corrected chi connectivity index (χ1v) is 9.54. The van der Waals surface area contributed by atoms with Crippen LogP contribution in [-0.2, 0) is 9.53 Å². The van der Waals surface area contributed by atoms with Gasteiger partial charge >= 0.3 is 6.09 Å². The second-order valence-corrected chi connectivity index (χ2v) is 7.41. The van der Waals surface area contributed by atoms with Crippen LogP contribution in [0.3, 0.4) is 0 Å². The van der Waals surface area contributed by atoms with Gasteiger partial charge in [-0.3, -0.25) is 4.79 Å². The summed E-state index contributed by atoms with van der Waals surface area (Å²) in [5.41, 5.74) is 0.833. The third-order valence-corrected chi connectivity index (χ3v) is 4.80. The molecule has 1 saturated heterocycles. The molecule has 2 rings (SSSR count). The largest absolute Gasteiger partial charge is 0.449 e. The molecule has 138 valence electrons. The average molecular weight is 433 g/mol. The Labute approximate surface area is 161 Å². The number of aromatic nitrogens is 1. The lowest BCUT2D eigenvalue weighted by Gasteiger charge is -2.45. The van der Waals surface area contributed by atoms with Crippen LogP contribution in [0.15, 0.2) is 16.7 Å². The predicted molar refractivity (Wildman–Crippen MR) is 99.5 cm³/mol. The lowest BCUT2D eigenvalue weighted by molar-refractivity contribution is -0.137. The first-order chi connectivity index (χ1) is 11.8. The summed E-state index contributed by atoms with van der Waals surface area (Å²) in [5.74, 6) is -0.0412. The van der Waals surface area contributed by atoms with E-state index in [0.29, 0.717) is 29.5 Å². The molecule has 0 bridgehead atoms. The summed E-state index contributed by atoms with van der Waals surface area (Å²) in [7, 11) is 0. The smallest absolute Gasteiger partial charge is 0.409 e. The van der Waals surface area contributed by atoms with Gasteiger partial charge in [-0.15, -0.1) is 0 Å². The maximum absolute atomic E-state index is 12.4. The molecule has 2 heterocycles. The fraction of sp³-hybridized carbons (Fsp3) is 0.588. The van der Waals surface area contributed by atoms with E-state index >= 15 is 0 Å². The van der Waals surface area contributed by atoms with Gasteiger partial charge in [-0.1, -0.05) is 24.9 Å². The quantitative estimate of drug-likeness (QED) is 0.532. The van der Waals surface area contributed by atoms with Gasteiger partial charge in [0, 0.05) is 26.1 Å². The van der Waals surface area contributed by atoms with Crippen LogP contribution in [0.1, 0.15) is 45.2 Å². The van der Waals surface area contributed by atoms with E-state index in [-0.39, 0.29) is 24.1 Å². The van der Waals surface area contributed by atoms with E-state index in [1.807, 2.05) is 19.9 Å². The molecule has 0 saturated carbocycles. The van der Waals surface area contributed by atoms with E-state index in [4.69, 9.17) is 16.3 Å². The van der Waals surface area contributed by atoms with E-state index in [1.54, 1.807) is 15.9 Å². The summed E-state index contributed by atoms with van der Waals surface area (Å²) in [6.45, 7) is 6.73. The molecule has 1 aromatic heterocycles. The molecule has 2 amide bonds. The molecule has 1 aliphatic heterocycles. The SMILES string of the molecule is CCCCOC(=O)N1C[C@@H](C)N(C(C)=O)[C@H](c2cc(Cl)nc(Br)c2)C1. The molecular weight excluding hydrogens is 410 g/mol. The summed E-state index contributed by atoms with van der Waals surface area (Å²) < 4.78 is 5.92. The van der Waals surface area contributed by atoms with Crippen molar-refractivity contribution >= 4 is 39.5 Å². The molecule has 1 aliphatic rings. The fourth-order valence-corrected chi connectivity index (χ4v) is 3.88. The molecule has 0 spiro atoms. The van der Waals surface area contributed by atoms with Gasteiger partial charge in [-0.25, -0.2) is 9.78 Å². The second kappa shape index (κ2) is 8.85. The van der Waals surface area contributed by atoms with Crippen LogP contribution in [0, 0.1) is 0 Å². The summed E-state index contributed by atoms with van der Waals surface area (Å²) in [5, 5.41) is 0.336. The summed E-state index contributed by atoms with van der Waals surface area (Å²) in [4.78, 5) is 32.1. The molecule has 8 heteroatoms. The maximum atomic E-state index is 12.4. The zero-order chi connectivity index (χ0) is 18.6. The van der Waals surface area contributed by atoms with Crippen molar-refractivity contribution in [3.63, 3.8) is 0 Å². The van der Waals surface area contributed by atoms with Crippen molar-refractivity contribution in [1.29, 1.82) is 0 Å². The minimum Gasteiger partial charge on any atom is -0.449 e. The Morgan fingerprint density at radius 1 is 1.40 bits per heavy atom. The molecule has 1 fully saturated rings. The average Bonchev–Trinajstić information content (AvgIpc) is 2.52. The molecular formula is C17H23BrClN3O3. The number of halogens is 2. The number of carbonyl (C=O) groups is 2. The van der Waals surface area contributed by atoms with Crippen molar-refractivity contribution in [3.05, 3.63) is 27.5 Å². The Bertz CT molecular complexity index is 623. The first kappa shape index (κ1) is 20.0. The van der Waals surface area contributed by atoms with Crippen LogP contribution < -0.4 is 0 Å². The van der Waals surface area contributed by atoms with E-state index in [9.17, 15) is 9.59 Å². The Balaban J connectivity index is 2.25. The summed E-state index contributed by atoms with van der Waals surface area (Å²) in [6, 6.07) is 3.13. The number of amides is 2. The lowest BCUT2D eigenvalue weighted by Crippen LogP contribution is -2.56. The van der Waals surface area contributed by atoms with Crippen molar-refractivity contribution in [2.45, 2.75) is 45.7 Å². The molecule has 1 aromatic rings. The third kappa shape index (κ3) is 5.07. The van der Waals surface area contributed by atoms with E-state index in [0.717, 1.165) is 18.4 Å². The molecule has 0 N–H and O–H groups in total. The molecule has 0 aliphatic carbocycles. The predicted octanol–water partition coefficient (Wildman–Crippen LogP) is 4.03. The lowest BCUT2D eigenvalue weighted by atomic mass is 10.0. The molecule has 25 heavy (non-hydrogen) atoms. The van der Waals surface area contributed by atoms with Crippen LogP contribution in [0.5, 0.6) is 0 Å². The van der Waals surface area contributed by atoms with Crippen LogP contribution in [0.4, 0.5) is 4.79 Å². The van der Waals surface area contributed by atoms with Crippen molar-refractivity contribution < 1.29 is 14.3 Å². The fourth-order valence-electron chi connectivity index (χ4n) is 3.10. The van der Waals surface area contributed by atoms with Gasteiger partial charge in [-0.2, -0.15) is 0 Å². The Kier molecular flexibility index (Phi) is 7.07. The number of hydrogen-bond acceptors (Lipinski definition) is 4. The normalized spacial score (nSPS) is 20.5. The Morgan fingerprint density at radius 2 is 2.12 bits per heavy atom. The van der Waals surface area contributed by atoms with Gasteiger partial charge in [0.05, 0.1) is 12.6 Å². The number of hydrogen-bond donors (Lipinski definition) is 0. The molecule has 6 nitrogen and oxygen atoms in total. The van der Waals surface area contributed by atoms with Gasteiger partial charge in [0.2, 0.25) is 5.91 Å². The van der Waals surface area contributed by atoms with Crippen LogP contribution in [0.2, 0.25) is 5.15 Å². The minimum absolute atomic E-state index is 0.0412. The van der Waals surface area contributed by atoms with Crippen molar-refractivity contribution in [3.8, 4) is 0 Å². The van der Waals surface area contributed by atoms with Gasteiger partial charge in [0.15, 0.2) is 0 Å². The maximum Gasteiger partial charge on any atom is 0.409 e. The minimum atomic E-state index is -0.340. The highest BCUT2D eigenvalue weighted by atomic mass is 79.9. The van der Waals surface area contributed by atoms with Crippen molar-refractivity contribution in [2.24, 2.45) is 0 Å². The highest BCUT2D eigenvalue weighted by molar-refractivity contribution is 9.10. The number of piperazine rings is 1. The van der Waals surface area contributed by atoms with Gasteiger partial charge in [0.1, 0.15) is 9.76 Å². The van der Waals surface area contributed by atoms with Gasteiger partial charge in [-0.05, 0) is 47.0 Å². The number of carbonyl (C=O) groups excluding carboxylic acids is 2. The van der Waals surface area contributed by atoms with E-state index in [1.165, 1.54) is 6.92 Å². The zero-order valence-corrected chi connectivity index (χ0v) is 17.0. The second-order valence-electron chi connectivity index (χ2n) is 6.21. The van der Waals surface area contributed by atoms with E-state index < -0.39 is 0 Å². The standard InChI is InChI=1S/C17H23BrClN3O3/c1-4-5-6-25-17(24)21-9-11(2)22(12(3)23)14(10-21)13-7-15(18)20-16(19)8-13/h7-8,11,14H,4-6,9-10H2,1-3H3/t11-,14+/m1/s1. The number of pyridine rings is 1. The van der Waals surface area contributed by atoms with Gasteiger partial charge < -0.3 is 14.5 Å². The molecule has 0 unspecified atom stereocenters. The Hall–Kier alpha value is -1.34. The molecule has 0 radical (unpaired) electrons. The zero-order valence-electron chi connectivity index (χ0n) is 14.7. The monoisotopic (exact) mass is 431 g/mol. The van der Waals surface area contributed by atoms with Crippen molar-refractivity contribution in [1.82, 2.24) is 14.8 Å². The summed E-state index contributed by atoms with van der Waals surface area (Å²) in [6.07, 6.45) is 1.46. The van der Waals surface area contributed by atoms with Crippen LogP contribution in [0.25, 0.3) is 0 Å². The number of nitrogens with zero attached hydrogens (tertiary/aromatic N) is 3. The molecule has 2 atom stereocenters. The van der Waals surface area contributed by atoms with E-state index in [2.05, 4.69) is 20.9 Å². The highest BCUT2D eigenvalue weighted by Crippen LogP contribution is 2.31. The van der Waals surface area contributed by atoms with Crippen LogP contribution in [-0.4, -0.2) is 52.5 Å². The Morgan fingerprint density at radius 3 is 2.72 bits per heavy atom. The summed E-state index contributed by atoms with van der Waals surface area (Å²) >= 11 is 9.40. The van der Waals surface area contributed by atoms with Crippen molar-refractivity contribution in [2.75, 3.05) is 19.7 Å². The number of rotatable bonds is 4. The highest BCUT2D eigenvalue weighted by Gasteiger charge is 2.37.